The molecule has 0 heterocycles. The van der Waals surface area contributed by atoms with Gasteiger partial charge >= 0.3 is 0 Å². The number of carbonyl (C=O) groups is 2. The van der Waals surface area contributed by atoms with Crippen LogP contribution in [0.4, 0.5) is 0 Å². The molecule has 0 unspecified atom stereocenters. The van der Waals surface area contributed by atoms with Gasteiger partial charge in [0.2, 0.25) is 5.91 Å². The van der Waals surface area contributed by atoms with E-state index in [-0.39, 0.29) is 30.5 Å². The number of hydrogen-bond acceptors (Lipinski definition) is 4. The van der Waals surface area contributed by atoms with Crippen molar-refractivity contribution in [2.45, 2.75) is 6.42 Å². The summed E-state index contributed by atoms with van der Waals surface area (Å²) in [7, 11) is 1.56. The van der Waals surface area contributed by atoms with Gasteiger partial charge in [-0.05, 0) is 40.8 Å². The van der Waals surface area contributed by atoms with Crippen molar-refractivity contribution in [2.75, 3.05) is 26.8 Å². The van der Waals surface area contributed by atoms with Crippen molar-refractivity contribution in [2.24, 2.45) is 0 Å². The number of amides is 2. The highest BCUT2D eigenvalue weighted by Gasteiger charge is 2.08. The van der Waals surface area contributed by atoms with Crippen molar-refractivity contribution >= 4 is 34.4 Å². The number of halogens is 1. The maximum atomic E-state index is 11.8. The van der Waals surface area contributed by atoms with E-state index in [9.17, 15) is 14.7 Å². The van der Waals surface area contributed by atoms with Gasteiger partial charge in [0.15, 0.2) is 0 Å². The average molecular weight is 392 g/mol. The number of ether oxygens (including phenoxy) is 1. The Hall–Kier alpha value is -1.35. The van der Waals surface area contributed by atoms with Gasteiger partial charge in [-0.2, -0.15) is 0 Å². The summed E-state index contributed by atoms with van der Waals surface area (Å²) in [6, 6.07) is 4.67. The normalized spacial score (nSPS) is 10.1. The van der Waals surface area contributed by atoms with E-state index in [4.69, 9.17) is 4.74 Å². The number of carbonyl (C=O) groups excluding carboxylic acids is 2. The van der Waals surface area contributed by atoms with Crippen LogP contribution in [0.5, 0.6) is 5.75 Å². The van der Waals surface area contributed by atoms with E-state index in [1.165, 1.54) is 6.07 Å². The van der Waals surface area contributed by atoms with Gasteiger partial charge in [-0.15, -0.1) is 0 Å². The van der Waals surface area contributed by atoms with Crippen molar-refractivity contribution in [3.8, 4) is 5.75 Å². The largest absolute Gasteiger partial charge is 0.507 e. The smallest absolute Gasteiger partial charge is 0.251 e. The van der Waals surface area contributed by atoms with E-state index < -0.39 is 0 Å². The molecular formula is C13H17IN2O4. The Morgan fingerprint density at radius 2 is 2.05 bits per heavy atom. The van der Waals surface area contributed by atoms with E-state index in [2.05, 4.69) is 10.6 Å². The van der Waals surface area contributed by atoms with Gasteiger partial charge in [0.25, 0.3) is 5.91 Å². The van der Waals surface area contributed by atoms with Crippen molar-refractivity contribution in [1.29, 1.82) is 0 Å². The Morgan fingerprint density at radius 1 is 1.30 bits per heavy atom. The number of rotatable bonds is 7. The summed E-state index contributed by atoms with van der Waals surface area (Å²) in [6.45, 7) is 1.15. The van der Waals surface area contributed by atoms with E-state index in [1.54, 1.807) is 19.2 Å². The van der Waals surface area contributed by atoms with Gasteiger partial charge in [-0.3, -0.25) is 9.59 Å². The van der Waals surface area contributed by atoms with Crippen LogP contribution in [0.3, 0.4) is 0 Å². The lowest BCUT2D eigenvalue weighted by Crippen LogP contribution is -2.32. The lowest BCUT2D eigenvalue weighted by Gasteiger charge is -2.07. The molecule has 110 valence electrons. The zero-order valence-corrected chi connectivity index (χ0v) is 13.3. The van der Waals surface area contributed by atoms with Gasteiger partial charge in [0.05, 0.1) is 10.2 Å². The molecule has 0 saturated carbocycles. The first-order valence-electron chi connectivity index (χ1n) is 6.07. The molecule has 0 aromatic heterocycles. The molecule has 0 saturated heterocycles. The summed E-state index contributed by atoms with van der Waals surface area (Å²) in [4.78, 5) is 23.1. The van der Waals surface area contributed by atoms with Crippen LogP contribution >= 0.6 is 22.6 Å². The standard InChI is InChI=1S/C13H17IN2O4/c1-20-7-6-15-12(18)4-5-16-13(19)9-2-3-10(14)11(17)8-9/h2-3,8,17H,4-7H2,1H3,(H,15,18)(H,16,19). The molecule has 2 amide bonds. The zero-order valence-electron chi connectivity index (χ0n) is 11.1. The second-order valence-electron chi connectivity index (χ2n) is 4.01. The first-order chi connectivity index (χ1) is 9.54. The topological polar surface area (TPSA) is 87.7 Å². The van der Waals surface area contributed by atoms with Gasteiger partial charge in [-0.25, -0.2) is 0 Å². The van der Waals surface area contributed by atoms with Crippen LogP contribution in [-0.4, -0.2) is 43.7 Å². The van der Waals surface area contributed by atoms with Crippen molar-refractivity contribution in [3.05, 3.63) is 27.3 Å². The molecule has 0 fully saturated rings. The second kappa shape index (κ2) is 8.75. The Kier molecular flexibility index (Phi) is 7.31. The number of phenolic OH excluding ortho intramolecular Hbond substituents is 1. The van der Waals surface area contributed by atoms with Gasteiger partial charge in [0, 0.05) is 32.2 Å². The van der Waals surface area contributed by atoms with E-state index >= 15 is 0 Å². The summed E-state index contributed by atoms with van der Waals surface area (Å²) >= 11 is 1.97. The first-order valence-corrected chi connectivity index (χ1v) is 7.15. The van der Waals surface area contributed by atoms with E-state index in [0.717, 1.165) is 0 Å². The van der Waals surface area contributed by atoms with Crippen molar-refractivity contribution < 1.29 is 19.4 Å². The molecule has 0 bridgehead atoms. The number of nitrogens with one attached hydrogen (secondary N) is 2. The van der Waals surface area contributed by atoms with Crippen LogP contribution in [0.25, 0.3) is 0 Å². The van der Waals surface area contributed by atoms with Crippen LogP contribution < -0.4 is 10.6 Å². The third-order valence-corrected chi connectivity index (χ3v) is 3.39. The fourth-order valence-electron chi connectivity index (χ4n) is 1.43. The van der Waals surface area contributed by atoms with Crippen molar-refractivity contribution in [3.63, 3.8) is 0 Å². The SMILES string of the molecule is COCCNC(=O)CCNC(=O)c1ccc(I)c(O)c1. The minimum absolute atomic E-state index is 0.0653. The molecule has 3 N–H and O–H groups in total. The predicted octanol–water partition coefficient (Wildman–Crippen LogP) is 0.879. The minimum Gasteiger partial charge on any atom is -0.507 e. The minimum atomic E-state index is -0.318. The van der Waals surface area contributed by atoms with Crippen molar-refractivity contribution in [1.82, 2.24) is 10.6 Å². The van der Waals surface area contributed by atoms with Gasteiger partial charge < -0.3 is 20.5 Å². The number of hydrogen-bond donors (Lipinski definition) is 3. The molecule has 7 heteroatoms. The highest BCUT2D eigenvalue weighted by atomic mass is 127. The molecule has 6 nitrogen and oxygen atoms in total. The maximum Gasteiger partial charge on any atom is 0.251 e. The molecule has 0 aliphatic heterocycles. The number of aromatic hydroxyl groups is 1. The molecule has 1 aromatic carbocycles. The molecule has 1 rings (SSSR count). The Bertz CT molecular complexity index is 479. The zero-order chi connectivity index (χ0) is 15.0. The summed E-state index contributed by atoms with van der Waals surface area (Å²) in [5.74, 6) is -0.398. The highest BCUT2D eigenvalue weighted by Crippen LogP contribution is 2.20. The van der Waals surface area contributed by atoms with Crippen LogP contribution in [0.2, 0.25) is 0 Å². The second-order valence-corrected chi connectivity index (χ2v) is 5.18. The number of phenols is 1. The Morgan fingerprint density at radius 3 is 2.70 bits per heavy atom. The molecular weight excluding hydrogens is 375 g/mol. The maximum absolute atomic E-state index is 11.8. The molecule has 20 heavy (non-hydrogen) atoms. The quantitative estimate of drug-likeness (QED) is 0.475. The first kappa shape index (κ1) is 16.7. The summed E-state index contributed by atoms with van der Waals surface area (Å²) in [5.41, 5.74) is 0.364. The molecule has 0 aliphatic rings. The lowest BCUT2D eigenvalue weighted by atomic mass is 10.2. The molecule has 0 radical (unpaired) electrons. The molecule has 0 atom stereocenters. The monoisotopic (exact) mass is 392 g/mol. The fourth-order valence-corrected chi connectivity index (χ4v) is 1.76. The Labute approximate surface area is 131 Å². The molecule has 0 spiro atoms. The van der Waals surface area contributed by atoms with Gasteiger partial charge in [-0.1, -0.05) is 0 Å². The number of methoxy groups -OCH3 is 1. The number of benzene rings is 1. The third-order valence-electron chi connectivity index (χ3n) is 2.47. The third kappa shape index (κ3) is 5.74. The summed E-state index contributed by atoms with van der Waals surface area (Å²) in [6.07, 6.45) is 0.200. The van der Waals surface area contributed by atoms with Crippen LogP contribution in [0.15, 0.2) is 18.2 Å². The van der Waals surface area contributed by atoms with Crippen LogP contribution in [0, 0.1) is 3.57 Å². The van der Waals surface area contributed by atoms with Crippen LogP contribution in [0.1, 0.15) is 16.8 Å². The molecule has 0 aliphatic carbocycles. The van der Waals surface area contributed by atoms with E-state index in [0.29, 0.717) is 22.3 Å². The lowest BCUT2D eigenvalue weighted by molar-refractivity contribution is -0.121. The van der Waals surface area contributed by atoms with Crippen LogP contribution in [-0.2, 0) is 9.53 Å². The Balaban J connectivity index is 2.32. The fraction of sp³-hybridized carbons (Fsp3) is 0.385. The summed E-state index contributed by atoms with van der Waals surface area (Å²) < 4.78 is 5.48. The average Bonchev–Trinajstić information content (AvgIpc) is 2.42. The predicted molar refractivity (Wildman–Crippen MR) is 82.7 cm³/mol. The van der Waals surface area contributed by atoms with Gasteiger partial charge in [0.1, 0.15) is 5.75 Å². The highest BCUT2D eigenvalue weighted by molar-refractivity contribution is 14.1. The summed E-state index contributed by atoms with van der Waals surface area (Å²) in [5, 5.41) is 14.8. The molecule has 1 aromatic rings. The van der Waals surface area contributed by atoms with E-state index in [1.807, 2.05) is 22.6 Å².